The second kappa shape index (κ2) is 8.84. The summed E-state index contributed by atoms with van der Waals surface area (Å²) in [6.45, 7) is 4.30. The Bertz CT molecular complexity index is 610. The molecular formula is C18H26N4O4. The van der Waals surface area contributed by atoms with Gasteiger partial charge >= 0.3 is 6.16 Å². The topological polar surface area (TPSA) is 98.7 Å². The van der Waals surface area contributed by atoms with Crippen molar-refractivity contribution in [3.8, 4) is 0 Å². The normalized spacial score (nSPS) is 27.6. The molecule has 3 aliphatic rings. The van der Waals surface area contributed by atoms with E-state index in [-0.39, 0.29) is 18.9 Å². The van der Waals surface area contributed by atoms with Gasteiger partial charge in [-0.3, -0.25) is 0 Å². The molecule has 8 heteroatoms. The second-order valence-electron chi connectivity index (χ2n) is 6.69. The molecule has 26 heavy (non-hydrogen) atoms. The SMILES string of the molecule is C=C/C=C1/C(N)=NC=NN1C1CCC(COC(=O)OCC2CCCC2)O1. The molecule has 2 atom stereocenters. The van der Waals surface area contributed by atoms with E-state index in [1.165, 1.54) is 19.2 Å². The Balaban J connectivity index is 1.42. The molecular weight excluding hydrogens is 336 g/mol. The largest absolute Gasteiger partial charge is 0.508 e. The molecule has 2 fully saturated rings. The third-order valence-electron chi connectivity index (χ3n) is 4.81. The van der Waals surface area contributed by atoms with Gasteiger partial charge in [0.1, 0.15) is 18.6 Å². The second-order valence-corrected chi connectivity index (χ2v) is 6.69. The summed E-state index contributed by atoms with van der Waals surface area (Å²) in [6.07, 6.45) is 9.85. The van der Waals surface area contributed by atoms with Crippen LogP contribution < -0.4 is 5.73 Å². The molecule has 2 aliphatic heterocycles. The van der Waals surface area contributed by atoms with Crippen LogP contribution in [0.1, 0.15) is 38.5 Å². The van der Waals surface area contributed by atoms with E-state index >= 15 is 0 Å². The maximum Gasteiger partial charge on any atom is 0.508 e. The Morgan fingerprint density at radius 3 is 2.85 bits per heavy atom. The number of carbonyl (C=O) groups is 1. The Kier molecular flexibility index (Phi) is 6.27. The summed E-state index contributed by atoms with van der Waals surface area (Å²) in [6, 6.07) is 0. The van der Waals surface area contributed by atoms with Crippen LogP contribution >= 0.6 is 0 Å². The Labute approximate surface area is 153 Å². The number of hydrogen-bond acceptors (Lipinski definition) is 8. The van der Waals surface area contributed by atoms with Crippen molar-refractivity contribution in [2.24, 2.45) is 21.7 Å². The van der Waals surface area contributed by atoms with Gasteiger partial charge in [-0.05, 0) is 37.7 Å². The molecule has 2 heterocycles. The van der Waals surface area contributed by atoms with E-state index in [0.717, 1.165) is 25.7 Å². The molecule has 0 aromatic heterocycles. The molecule has 142 valence electrons. The van der Waals surface area contributed by atoms with Crippen molar-refractivity contribution in [1.29, 1.82) is 0 Å². The fourth-order valence-corrected chi connectivity index (χ4v) is 3.45. The Morgan fingerprint density at radius 2 is 2.08 bits per heavy atom. The molecule has 0 amide bonds. The predicted molar refractivity (Wildman–Crippen MR) is 97.4 cm³/mol. The fraction of sp³-hybridized carbons (Fsp3) is 0.611. The third kappa shape index (κ3) is 4.63. The zero-order chi connectivity index (χ0) is 18.4. The van der Waals surface area contributed by atoms with Crippen molar-refractivity contribution in [2.45, 2.75) is 50.9 Å². The van der Waals surface area contributed by atoms with Crippen molar-refractivity contribution in [1.82, 2.24) is 5.01 Å². The van der Waals surface area contributed by atoms with Gasteiger partial charge < -0.3 is 19.9 Å². The lowest BCUT2D eigenvalue weighted by atomic mass is 10.1. The van der Waals surface area contributed by atoms with Gasteiger partial charge in [0.05, 0.1) is 12.7 Å². The first-order valence-electron chi connectivity index (χ1n) is 9.10. The summed E-state index contributed by atoms with van der Waals surface area (Å²) in [4.78, 5) is 15.7. The van der Waals surface area contributed by atoms with Crippen LogP contribution in [0.3, 0.4) is 0 Å². The lowest BCUT2D eigenvalue weighted by molar-refractivity contribution is -0.0621. The monoisotopic (exact) mass is 362 g/mol. The predicted octanol–water partition coefficient (Wildman–Crippen LogP) is 2.52. The summed E-state index contributed by atoms with van der Waals surface area (Å²) in [7, 11) is 0. The number of nitrogens with zero attached hydrogens (tertiary/aromatic N) is 3. The summed E-state index contributed by atoms with van der Waals surface area (Å²) in [5.74, 6) is 0.840. The van der Waals surface area contributed by atoms with E-state index < -0.39 is 6.16 Å². The van der Waals surface area contributed by atoms with Gasteiger partial charge in [-0.25, -0.2) is 14.8 Å². The van der Waals surface area contributed by atoms with Crippen LogP contribution in [0.4, 0.5) is 4.79 Å². The number of rotatable bonds is 6. The van der Waals surface area contributed by atoms with E-state index in [1.54, 1.807) is 17.2 Å². The van der Waals surface area contributed by atoms with E-state index in [9.17, 15) is 4.79 Å². The molecule has 0 spiro atoms. The molecule has 3 rings (SSSR count). The summed E-state index contributed by atoms with van der Waals surface area (Å²) >= 11 is 0. The minimum atomic E-state index is -0.622. The maximum atomic E-state index is 11.7. The highest BCUT2D eigenvalue weighted by Crippen LogP contribution is 2.27. The number of hydrazone groups is 1. The van der Waals surface area contributed by atoms with Crippen molar-refractivity contribution in [3.63, 3.8) is 0 Å². The maximum absolute atomic E-state index is 11.7. The number of carbonyl (C=O) groups excluding carboxylic acids is 1. The van der Waals surface area contributed by atoms with Crippen LogP contribution in [-0.2, 0) is 14.2 Å². The van der Waals surface area contributed by atoms with Gasteiger partial charge in [0, 0.05) is 0 Å². The van der Waals surface area contributed by atoms with Gasteiger partial charge in [-0.2, -0.15) is 5.10 Å². The number of amidine groups is 1. The first-order chi connectivity index (χ1) is 12.7. The van der Waals surface area contributed by atoms with Crippen molar-refractivity contribution >= 4 is 18.3 Å². The smallest absolute Gasteiger partial charge is 0.434 e. The number of hydrogen-bond donors (Lipinski definition) is 1. The number of ether oxygens (including phenoxy) is 3. The van der Waals surface area contributed by atoms with Crippen molar-refractivity contribution in [3.05, 3.63) is 24.4 Å². The van der Waals surface area contributed by atoms with E-state index in [4.69, 9.17) is 19.9 Å². The molecule has 0 bridgehead atoms. The molecule has 1 saturated heterocycles. The van der Waals surface area contributed by atoms with Crippen LogP contribution in [-0.4, -0.2) is 48.9 Å². The molecule has 2 N–H and O–H groups in total. The Morgan fingerprint density at radius 1 is 1.31 bits per heavy atom. The van der Waals surface area contributed by atoms with Gasteiger partial charge in [0.2, 0.25) is 0 Å². The van der Waals surface area contributed by atoms with Crippen LogP contribution in [0.15, 0.2) is 34.5 Å². The fourth-order valence-electron chi connectivity index (χ4n) is 3.45. The quantitative estimate of drug-likeness (QED) is 0.729. The lowest BCUT2D eigenvalue weighted by Gasteiger charge is -2.29. The summed E-state index contributed by atoms with van der Waals surface area (Å²) < 4.78 is 16.3. The minimum absolute atomic E-state index is 0.168. The molecule has 0 aromatic carbocycles. The van der Waals surface area contributed by atoms with Crippen LogP contribution in [0.5, 0.6) is 0 Å². The van der Waals surface area contributed by atoms with Gasteiger partial charge in [-0.15, -0.1) is 0 Å². The van der Waals surface area contributed by atoms with E-state index in [0.29, 0.717) is 24.1 Å². The average molecular weight is 362 g/mol. The van der Waals surface area contributed by atoms with E-state index in [1.807, 2.05) is 0 Å². The van der Waals surface area contributed by atoms with Crippen LogP contribution in [0.2, 0.25) is 0 Å². The highest BCUT2D eigenvalue weighted by Gasteiger charge is 2.33. The molecule has 0 radical (unpaired) electrons. The summed E-state index contributed by atoms with van der Waals surface area (Å²) in [5, 5.41) is 5.92. The van der Waals surface area contributed by atoms with E-state index in [2.05, 4.69) is 16.7 Å². The number of allylic oxidation sites excluding steroid dienone is 2. The minimum Gasteiger partial charge on any atom is -0.434 e. The molecule has 2 unspecified atom stereocenters. The molecule has 1 aliphatic carbocycles. The first kappa shape index (κ1) is 18.4. The van der Waals surface area contributed by atoms with Crippen molar-refractivity contribution < 1.29 is 19.0 Å². The van der Waals surface area contributed by atoms with Gasteiger partial charge in [0.15, 0.2) is 12.1 Å². The highest BCUT2D eigenvalue weighted by atomic mass is 16.7. The third-order valence-corrected chi connectivity index (χ3v) is 4.81. The molecule has 0 aromatic rings. The standard InChI is InChI=1S/C18H26N4O4/c1-2-5-15-17(19)20-12-21-22(15)16-9-8-14(26-16)11-25-18(23)24-10-13-6-3-4-7-13/h2,5,12-14,16H,1,3-4,6-11H2,(H2,19,20,21)/b15-5-. The molecule has 8 nitrogen and oxygen atoms in total. The van der Waals surface area contributed by atoms with Crippen molar-refractivity contribution in [2.75, 3.05) is 13.2 Å². The zero-order valence-corrected chi connectivity index (χ0v) is 14.9. The number of aliphatic imine (C=N–C) groups is 1. The van der Waals surface area contributed by atoms with Crippen LogP contribution in [0, 0.1) is 5.92 Å². The van der Waals surface area contributed by atoms with Gasteiger partial charge in [0.25, 0.3) is 0 Å². The molecule has 1 saturated carbocycles. The van der Waals surface area contributed by atoms with Crippen LogP contribution in [0.25, 0.3) is 0 Å². The lowest BCUT2D eigenvalue weighted by Crippen LogP contribution is -2.38. The number of nitrogens with two attached hydrogens (primary N) is 1. The highest BCUT2D eigenvalue weighted by molar-refractivity contribution is 6.01. The average Bonchev–Trinajstić information content (AvgIpc) is 3.32. The zero-order valence-electron chi connectivity index (χ0n) is 14.9. The first-order valence-corrected chi connectivity index (χ1v) is 9.10. The summed E-state index contributed by atoms with van der Waals surface area (Å²) in [5.41, 5.74) is 6.54. The van der Waals surface area contributed by atoms with Gasteiger partial charge in [-0.1, -0.05) is 25.5 Å². The Hall–Kier alpha value is -2.35.